The monoisotopic (exact) mass is 402 g/mol. The molecule has 1 aliphatic rings. The molecule has 0 radical (unpaired) electrons. The van der Waals surface area contributed by atoms with Gasteiger partial charge in [-0.25, -0.2) is 12.8 Å². The van der Waals surface area contributed by atoms with Crippen molar-refractivity contribution >= 4 is 16.0 Å². The van der Waals surface area contributed by atoms with Gasteiger partial charge >= 0.3 is 5.97 Å². The van der Waals surface area contributed by atoms with E-state index in [1.165, 1.54) is 24.3 Å². The largest absolute Gasteiger partial charge is 0.460 e. The Labute approximate surface area is 163 Å². The number of rotatable bonds is 5. The molecule has 2 aromatic rings. The van der Waals surface area contributed by atoms with Crippen molar-refractivity contribution in [3.63, 3.8) is 0 Å². The zero-order chi connectivity index (χ0) is 20.1. The van der Waals surface area contributed by atoms with Gasteiger partial charge in [-0.15, -0.1) is 0 Å². The van der Waals surface area contributed by atoms with Crippen molar-refractivity contribution in [2.75, 3.05) is 6.54 Å². The Bertz CT molecular complexity index is 1000. The fraction of sp³-hybridized carbons (Fsp3) is 0.300. The summed E-state index contributed by atoms with van der Waals surface area (Å²) in [5.74, 6) is -1.31. The molecule has 1 aliphatic heterocycles. The SMILES string of the molecule is N#Cc1ccc(F)c(COC(=O)[C@@H]2CCCCN2S(=O)(=O)c2ccccc2)c1. The molecule has 0 aliphatic carbocycles. The molecule has 0 aromatic heterocycles. The third-order valence-corrected chi connectivity index (χ3v) is 6.54. The lowest BCUT2D eigenvalue weighted by Gasteiger charge is -2.33. The summed E-state index contributed by atoms with van der Waals surface area (Å²) in [4.78, 5) is 12.7. The van der Waals surface area contributed by atoms with Crippen LogP contribution in [0.25, 0.3) is 0 Å². The lowest BCUT2D eigenvalue weighted by atomic mass is 10.1. The van der Waals surface area contributed by atoms with Crippen LogP contribution in [0.3, 0.4) is 0 Å². The second-order valence-electron chi connectivity index (χ2n) is 6.47. The summed E-state index contributed by atoms with van der Waals surface area (Å²) in [6.07, 6.45) is 1.68. The van der Waals surface area contributed by atoms with Gasteiger partial charge in [0.15, 0.2) is 0 Å². The number of esters is 1. The van der Waals surface area contributed by atoms with Crippen LogP contribution in [0.2, 0.25) is 0 Å². The minimum absolute atomic E-state index is 0.0701. The van der Waals surface area contributed by atoms with Crippen LogP contribution in [-0.2, 0) is 26.2 Å². The van der Waals surface area contributed by atoms with Gasteiger partial charge in [0.05, 0.1) is 16.5 Å². The van der Waals surface area contributed by atoms with Gasteiger partial charge in [0, 0.05) is 12.1 Å². The molecule has 0 spiro atoms. The van der Waals surface area contributed by atoms with Gasteiger partial charge < -0.3 is 4.74 Å². The number of benzene rings is 2. The van der Waals surface area contributed by atoms with Crippen molar-refractivity contribution in [3.05, 3.63) is 65.5 Å². The smallest absolute Gasteiger partial charge is 0.324 e. The van der Waals surface area contributed by atoms with Crippen LogP contribution < -0.4 is 0 Å². The molecule has 1 atom stereocenters. The average Bonchev–Trinajstić information content (AvgIpc) is 2.73. The summed E-state index contributed by atoms with van der Waals surface area (Å²) >= 11 is 0. The Balaban J connectivity index is 1.77. The minimum Gasteiger partial charge on any atom is -0.460 e. The van der Waals surface area contributed by atoms with E-state index in [0.717, 1.165) is 10.4 Å². The molecular formula is C20H19FN2O4S. The Hall–Kier alpha value is -2.76. The maximum Gasteiger partial charge on any atom is 0.324 e. The van der Waals surface area contributed by atoms with E-state index in [1.807, 2.05) is 6.07 Å². The third kappa shape index (κ3) is 4.21. The van der Waals surface area contributed by atoms with E-state index in [9.17, 15) is 17.6 Å². The summed E-state index contributed by atoms with van der Waals surface area (Å²) < 4.78 is 46.1. The van der Waals surface area contributed by atoms with Crippen molar-refractivity contribution in [1.29, 1.82) is 5.26 Å². The highest BCUT2D eigenvalue weighted by Gasteiger charge is 2.38. The van der Waals surface area contributed by atoms with Crippen LogP contribution in [0, 0.1) is 17.1 Å². The molecule has 1 saturated heterocycles. The molecular weight excluding hydrogens is 383 g/mol. The molecule has 0 unspecified atom stereocenters. The molecule has 1 heterocycles. The van der Waals surface area contributed by atoms with Crippen molar-refractivity contribution in [3.8, 4) is 6.07 Å². The van der Waals surface area contributed by atoms with Crippen molar-refractivity contribution in [2.45, 2.75) is 36.8 Å². The normalized spacial score (nSPS) is 17.6. The first-order chi connectivity index (χ1) is 13.4. The molecule has 8 heteroatoms. The van der Waals surface area contributed by atoms with Crippen molar-refractivity contribution < 1.29 is 22.3 Å². The zero-order valence-electron chi connectivity index (χ0n) is 15.0. The Kier molecular flexibility index (Phi) is 6.07. The zero-order valence-corrected chi connectivity index (χ0v) is 15.9. The van der Waals surface area contributed by atoms with E-state index in [-0.39, 0.29) is 29.2 Å². The lowest BCUT2D eigenvalue weighted by molar-refractivity contribution is -0.150. The van der Waals surface area contributed by atoms with Crippen LogP contribution in [-0.4, -0.2) is 31.3 Å². The molecule has 0 saturated carbocycles. The van der Waals surface area contributed by atoms with Gasteiger partial charge in [-0.3, -0.25) is 4.79 Å². The van der Waals surface area contributed by atoms with E-state index < -0.39 is 27.9 Å². The predicted octanol–water partition coefficient (Wildman–Crippen LogP) is 2.98. The first kappa shape index (κ1) is 20.0. The number of piperidine rings is 1. The number of carbonyl (C=O) groups is 1. The first-order valence-electron chi connectivity index (χ1n) is 8.85. The van der Waals surface area contributed by atoms with E-state index in [1.54, 1.807) is 18.2 Å². The Morgan fingerprint density at radius 1 is 1.21 bits per heavy atom. The maximum absolute atomic E-state index is 13.9. The maximum atomic E-state index is 13.9. The Morgan fingerprint density at radius 2 is 1.96 bits per heavy atom. The van der Waals surface area contributed by atoms with Gasteiger partial charge in [-0.2, -0.15) is 9.57 Å². The molecule has 146 valence electrons. The number of hydrogen-bond acceptors (Lipinski definition) is 5. The quantitative estimate of drug-likeness (QED) is 0.718. The molecule has 0 amide bonds. The topological polar surface area (TPSA) is 87.5 Å². The van der Waals surface area contributed by atoms with Gasteiger partial charge in [-0.1, -0.05) is 18.2 Å². The van der Waals surface area contributed by atoms with Gasteiger partial charge in [0.25, 0.3) is 0 Å². The van der Waals surface area contributed by atoms with E-state index >= 15 is 0 Å². The van der Waals surface area contributed by atoms with Crippen LogP contribution in [0.5, 0.6) is 0 Å². The molecule has 0 N–H and O–H groups in total. The Morgan fingerprint density at radius 3 is 2.68 bits per heavy atom. The summed E-state index contributed by atoms with van der Waals surface area (Å²) in [6, 6.07) is 12.6. The highest BCUT2D eigenvalue weighted by atomic mass is 32.2. The van der Waals surface area contributed by atoms with Gasteiger partial charge in [0.1, 0.15) is 18.5 Å². The van der Waals surface area contributed by atoms with E-state index in [0.29, 0.717) is 19.3 Å². The number of halogens is 1. The second-order valence-corrected chi connectivity index (χ2v) is 8.36. The van der Waals surface area contributed by atoms with Crippen LogP contribution in [0.4, 0.5) is 4.39 Å². The predicted molar refractivity (Wildman–Crippen MR) is 98.9 cm³/mol. The number of ether oxygens (including phenoxy) is 1. The summed E-state index contributed by atoms with van der Waals surface area (Å²) in [6.45, 7) is -0.148. The molecule has 6 nitrogen and oxygen atoms in total. The number of nitriles is 1. The minimum atomic E-state index is -3.84. The second kappa shape index (κ2) is 8.50. The molecule has 2 aromatic carbocycles. The lowest BCUT2D eigenvalue weighted by Crippen LogP contribution is -2.48. The third-order valence-electron chi connectivity index (χ3n) is 4.62. The number of carbonyl (C=O) groups excluding carboxylic acids is 1. The number of sulfonamides is 1. The fourth-order valence-electron chi connectivity index (χ4n) is 3.16. The van der Waals surface area contributed by atoms with Crippen molar-refractivity contribution in [1.82, 2.24) is 4.31 Å². The molecule has 1 fully saturated rings. The molecule has 28 heavy (non-hydrogen) atoms. The number of hydrogen-bond donors (Lipinski definition) is 0. The summed E-state index contributed by atoms with van der Waals surface area (Å²) in [5, 5.41) is 8.91. The van der Waals surface area contributed by atoms with E-state index in [2.05, 4.69) is 0 Å². The molecule has 3 rings (SSSR count). The highest BCUT2D eigenvalue weighted by molar-refractivity contribution is 7.89. The summed E-state index contributed by atoms with van der Waals surface area (Å²) in [7, 11) is -3.84. The highest BCUT2D eigenvalue weighted by Crippen LogP contribution is 2.26. The fourth-order valence-corrected chi connectivity index (χ4v) is 4.82. The van der Waals surface area contributed by atoms with E-state index in [4.69, 9.17) is 10.00 Å². The first-order valence-corrected chi connectivity index (χ1v) is 10.3. The summed E-state index contributed by atoms with van der Waals surface area (Å²) in [5.41, 5.74) is 0.319. The van der Waals surface area contributed by atoms with Gasteiger partial charge in [0.2, 0.25) is 10.0 Å². The van der Waals surface area contributed by atoms with Crippen LogP contribution in [0.1, 0.15) is 30.4 Å². The van der Waals surface area contributed by atoms with Crippen LogP contribution in [0.15, 0.2) is 53.4 Å². The molecule has 0 bridgehead atoms. The standard InChI is InChI=1S/C20H19FN2O4S/c21-18-10-9-15(13-22)12-16(18)14-27-20(24)19-8-4-5-11-23(19)28(25,26)17-6-2-1-3-7-17/h1-3,6-7,9-10,12,19H,4-5,8,11,14H2/t19-/m0/s1. The van der Waals surface area contributed by atoms with Crippen LogP contribution >= 0.6 is 0 Å². The number of nitrogens with zero attached hydrogens (tertiary/aromatic N) is 2. The van der Waals surface area contributed by atoms with Crippen molar-refractivity contribution in [2.24, 2.45) is 0 Å². The average molecular weight is 402 g/mol. The van der Waals surface area contributed by atoms with Gasteiger partial charge in [-0.05, 0) is 49.6 Å².